The van der Waals surface area contributed by atoms with Gasteiger partial charge in [-0.1, -0.05) is 115 Å². The number of para-hydroxylation sites is 1. The van der Waals surface area contributed by atoms with Gasteiger partial charge in [-0.25, -0.2) is 3.11 Å². The molecular formula is C44H29IN2O. The van der Waals surface area contributed by atoms with Gasteiger partial charge in [0.25, 0.3) is 0 Å². The third-order valence-corrected chi connectivity index (χ3v) is 9.91. The second-order valence-corrected chi connectivity index (χ2v) is 13.6. The fraction of sp³-hybridized carbons (Fsp3) is 0.0455. The topological polar surface area (TPSA) is 21.3 Å². The van der Waals surface area contributed by atoms with Crippen LogP contribution in [-0.2, 0) is 13.1 Å². The van der Waals surface area contributed by atoms with Crippen molar-refractivity contribution in [2.75, 3.05) is 0 Å². The number of fused-ring (bicyclic) bond motifs is 6. The summed E-state index contributed by atoms with van der Waals surface area (Å²) in [5.41, 5.74) is 12.6. The summed E-state index contributed by atoms with van der Waals surface area (Å²) in [5, 5.41) is 4.51. The van der Waals surface area contributed by atoms with Gasteiger partial charge in [0, 0.05) is 57.8 Å². The van der Waals surface area contributed by atoms with Crippen molar-refractivity contribution in [2.45, 2.75) is 13.1 Å². The molecule has 2 aromatic heterocycles. The number of benzene rings is 6. The molecule has 0 amide bonds. The Labute approximate surface area is 293 Å². The highest BCUT2D eigenvalue weighted by Gasteiger charge is 2.15. The Bertz CT molecular complexity index is 2580. The molecule has 0 aliphatic heterocycles. The first-order valence-electron chi connectivity index (χ1n) is 16.1. The van der Waals surface area contributed by atoms with Crippen LogP contribution in [0.25, 0.3) is 71.7 Å². The Balaban J connectivity index is 1.10. The summed E-state index contributed by atoms with van der Waals surface area (Å²) >= 11 is 2.45. The Morgan fingerprint density at radius 3 is 2.21 bits per heavy atom. The highest BCUT2D eigenvalue weighted by molar-refractivity contribution is 14.1. The second kappa shape index (κ2) is 12.0. The van der Waals surface area contributed by atoms with E-state index in [-0.39, 0.29) is 0 Å². The minimum Gasteiger partial charge on any atom is -0.456 e. The van der Waals surface area contributed by atoms with Gasteiger partial charge in [0.05, 0.1) is 16.4 Å². The van der Waals surface area contributed by atoms with Crippen LogP contribution in [0, 0.1) is 12.1 Å². The van der Waals surface area contributed by atoms with Crippen molar-refractivity contribution in [2.24, 2.45) is 0 Å². The molecule has 0 spiro atoms. The molecule has 48 heavy (non-hydrogen) atoms. The van der Waals surface area contributed by atoms with Gasteiger partial charge >= 0.3 is 0 Å². The zero-order valence-corrected chi connectivity index (χ0v) is 28.2. The Morgan fingerprint density at radius 2 is 1.31 bits per heavy atom. The lowest BCUT2D eigenvalue weighted by molar-refractivity contribution is 0.504. The molecule has 228 valence electrons. The van der Waals surface area contributed by atoms with Gasteiger partial charge in [0.2, 0.25) is 0 Å². The Hall–Kier alpha value is -5.35. The average Bonchev–Trinajstić information content (AvgIpc) is 3.67. The number of hydrogen-bond acceptors (Lipinski definition) is 2. The minimum atomic E-state index is 0.857. The average molecular weight is 729 g/mol. The van der Waals surface area contributed by atoms with E-state index in [0.717, 1.165) is 73.6 Å². The van der Waals surface area contributed by atoms with Crippen LogP contribution in [0.3, 0.4) is 0 Å². The van der Waals surface area contributed by atoms with Crippen molar-refractivity contribution in [3.8, 4) is 27.9 Å². The highest BCUT2D eigenvalue weighted by atomic mass is 127. The molecule has 0 saturated heterocycles. The van der Waals surface area contributed by atoms with Crippen molar-refractivity contribution in [1.29, 1.82) is 0 Å². The molecule has 0 bridgehead atoms. The molecule has 3 nitrogen and oxygen atoms in total. The predicted molar refractivity (Wildman–Crippen MR) is 206 cm³/mol. The van der Waals surface area contributed by atoms with Gasteiger partial charge in [-0.3, -0.25) is 0 Å². The van der Waals surface area contributed by atoms with Crippen LogP contribution >= 0.6 is 22.9 Å². The van der Waals surface area contributed by atoms with E-state index in [1.165, 1.54) is 22.3 Å². The van der Waals surface area contributed by atoms with Crippen molar-refractivity contribution in [1.82, 2.24) is 7.68 Å². The fourth-order valence-electron chi connectivity index (χ4n) is 6.95. The van der Waals surface area contributed by atoms with E-state index in [1.807, 2.05) is 18.2 Å². The van der Waals surface area contributed by atoms with E-state index in [4.69, 9.17) is 4.42 Å². The third kappa shape index (κ3) is 5.13. The molecule has 0 saturated carbocycles. The van der Waals surface area contributed by atoms with Crippen molar-refractivity contribution >= 4 is 66.6 Å². The number of aromatic nitrogens is 1. The summed E-state index contributed by atoms with van der Waals surface area (Å²) in [4.78, 5) is 0. The van der Waals surface area contributed by atoms with E-state index in [0.29, 0.717) is 0 Å². The standard InChI is InChI=1S/C44H29IN2O/c45-46(28-30-10-2-1-3-11-30)29-34-12-4-5-13-36(34)31-18-22-35(23-19-31)47-41-16-8-6-14-37(41)38-24-20-33(27-42(38)47)32-21-25-44-40(26-32)39-15-7-9-17-43(39)48-44/h1-5,7-13,15-27H,28-29H2. The summed E-state index contributed by atoms with van der Waals surface area (Å²) in [7, 11) is 0. The van der Waals surface area contributed by atoms with Gasteiger partial charge in [-0.05, 0) is 81.9 Å². The molecule has 9 aromatic rings. The molecule has 0 radical (unpaired) electrons. The first kappa shape index (κ1) is 28.8. The van der Waals surface area contributed by atoms with Crippen LogP contribution in [0.15, 0.2) is 156 Å². The first-order valence-corrected chi connectivity index (χ1v) is 17.1. The molecule has 0 N–H and O–H groups in total. The molecule has 0 aliphatic rings. The summed E-state index contributed by atoms with van der Waals surface area (Å²) in [6, 6.07) is 60.5. The molecule has 0 aliphatic carbocycles. The number of furan rings is 1. The summed E-state index contributed by atoms with van der Waals surface area (Å²) in [6.07, 6.45) is 0. The number of nitrogens with zero attached hydrogens (tertiary/aromatic N) is 2. The Morgan fingerprint density at radius 1 is 0.583 bits per heavy atom. The van der Waals surface area contributed by atoms with Crippen LogP contribution in [0.2, 0.25) is 0 Å². The molecule has 0 atom stereocenters. The molecule has 2 heterocycles. The lowest BCUT2D eigenvalue weighted by atomic mass is 9.99. The molecular weight excluding hydrogens is 699 g/mol. The van der Waals surface area contributed by atoms with Gasteiger partial charge in [-0.15, -0.1) is 0 Å². The molecule has 0 fully saturated rings. The van der Waals surface area contributed by atoms with E-state index in [9.17, 15) is 0 Å². The third-order valence-electron chi connectivity index (χ3n) is 9.23. The maximum Gasteiger partial charge on any atom is 0.135 e. The summed E-state index contributed by atoms with van der Waals surface area (Å²) in [6.45, 7) is 1.75. The maximum absolute atomic E-state index is 6.11. The monoisotopic (exact) mass is 728 g/mol. The largest absolute Gasteiger partial charge is 0.456 e. The fourth-order valence-corrected chi connectivity index (χ4v) is 7.71. The van der Waals surface area contributed by atoms with Gasteiger partial charge < -0.3 is 8.98 Å². The van der Waals surface area contributed by atoms with E-state index in [1.54, 1.807) is 0 Å². The van der Waals surface area contributed by atoms with Crippen LogP contribution in [0.5, 0.6) is 0 Å². The quantitative estimate of drug-likeness (QED) is 0.120. The molecule has 0 unspecified atom stereocenters. The van der Waals surface area contributed by atoms with Crippen molar-refractivity contribution in [3.63, 3.8) is 0 Å². The zero-order chi connectivity index (χ0) is 32.0. The predicted octanol–water partition coefficient (Wildman–Crippen LogP) is 12.0. The first-order chi connectivity index (χ1) is 23.7. The van der Waals surface area contributed by atoms with E-state index >= 15 is 0 Å². The van der Waals surface area contributed by atoms with Gasteiger partial charge in [0.15, 0.2) is 0 Å². The smallest absolute Gasteiger partial charge is 0.135 e. The minimum absolute atomic E-state index is 0.857. The van der Waals surface area contributed by atoms with Gasteiger partial charge in [-0.2, -0.15) is 0 Å². The Kier molecular flexibility index (Phi) is 7.23. The SMILES string of the molecule is IN(Cc1ccccc1)Cc1ccccc1-c1ccc(-n2c3ccc#cc3c3ccc(-c4ccc5oc6ccccc6c5c4)cc32)cc1. The van der Waals surface area contributed by atoms with Crippen molar-refractivity contribution < 1.29 is 4.42 Å². The van der Waals surface area contributed by atoms with Crippen LogP contribution in [0.4, 0.5) is 0 Å². The summed E-state index contributed by atoms with van der Waals surface area (Å²) < 4.78 is 10.8. The number of hydrogen-bond donors (Lipinski definition) is 0. The summed E-state index contributed by atoms with van der Waals surface area (Å²) in [5.74, 6) is 0. The molecule has 7 aromatic carbocycles. The lowest BCUT2D eigenvalue weighted by Gasteiger charge is -2.18. The van der Waals surface area contributed by atoms with Crippen LogP contribution in [0.1, 0.15) is 11.1 Å². The zero-order valence-electron chi connectivity index (χ0n) is 26.0. The number of rotatable bonds is 7. The number of halogens is 1. The lowest BCUT2D eigenvalue weighted by Crippen LogP contribution is -2.11. The molecule has 4 heteroatoms. The van der Waals surface area contributed by atoms with Gasteiger partial charge in [0.1, 0.15) is 11.2 Å². The normalized spacial score (nSPS) is 11.6. The van der Waals surface area contributed by atoms with Crippen LogP contribution < -0.4 is 0 Å². The van der Waals surface area contributed by atoms with Crippen molar-refractivity contribution in [3.05, 3.63) is 175 Å². The van der Waals surface area contributed by atoms with E-state index < -0.39 is 0 Å². The van der Waals surface area contributed by atoms with E-state index in [2.05, 4.69) is 176 Å². The maximum atomic E-state index is 6.11. The molecule has 9 rings (SSSR count). The van der Waals surface area contributed by atoms with Crippen LogP contribution in [-0.4, -0.2) is 7.68 Å². The second-order valence-electron chi connectivity index (χ2n) is 12.2. The highest BCUT2D eigenvalue weighted by Crippen LogP contribution is 2.37.